The molecule has 8 aromatic rings. The number of rotatable bonds is 4. The maximum Gasteiger partial charge on any atom is 0.164 e. The first-order chi connectivity index (χ1) is 20.3. The Morgan fingerprint density at radius 1 is 0.341 bits per heavy atom. The first-order valence-corrected chi connectivity index (χ1v) is 13.6. The molecule has 6 aromatic carbocycles. The van der Waals surface area contributed by atoms with E-state index in [1.54, 1.807) is 0 Å². The number of furan rings is 1. The molecule has 2 aromatic heterocycles. The lowest BCUT2D eigenvalue weighted by Gasteiger charge is -2.13. The molecule has 41 heavy (non-hydrogen) atoms. The van der Waals surface area contributed by atoms with Crippen molar-refractivity contribution in [3.8, 4) is 45.3 Å². The maximum atomic E-state index is 6.19. The zero-order valence-corrected chi connectivity index (χ0v) is 22.0. The molecule has 0 saturated heterocycles. The van der Waals surface area contributed by atoms with Gasteiger partial charge in [0.2, 0.25) is 0 Å². The van der Waals surface area contributed by atoms with Gasteiger partial charge >= 0.3 is 0 Å². The van der Waals surface area contributed by atoms with Crippen LogP contribution in [-0.4, -0.2) is 15.0 Å². The van der Waals surface area contributed by atoms with E-state index in [1.165, 1.54) is 11.1 Å². The Hall–Kier alpha value is -5.61. The van der Waals surface area contributed by atoms with Crippen LogP contribution in [0.4, 0.5) is 0 Å². The molecule has 0 fully saturated rings. The van der Waals surface area contributed by atoms with E-state index in [0.717, 1.165) is 49.4 Å². The van der Waals surface area contributed by atoms with Gasteiger partial charge in [0, 0.05) is 27.5 Å². The van der Waals surface area contributed by atoms with Gasteiger partial charge in [-0.05, 0) is 46.2 Å². The van der Waals surface area contributed by atoms with Crippen molar-refractivity contribution in [1.29, 1.82) is 0 Å². The molecule has 0 bridgehead atoms. The highest BCUT2D eigenvalue weighted by atomic mass is 16.3. The summed E-state index contributed by atoms with van der Waals surface area (Å²) < 4.78 is 6.19. The van der Waals surface area contributed by atoms with E-state index in [1.807, 2.05) is 60.7 Å². The third kappa shape index (κ3) is 4.05. The second-order valence-electron chi connectivity index (χ2n) is 10.1. The molecule has 0 aliphatic rings. The normalized spacial score (nSPS) is 11.4. The lowest BCUT2D eigenvalue weighted by molar-refractivity contribution is 0.669. The third-order valence-electron chi connectivity index (χ3n) is 7.55. The predicted octanol–water partition coefficient (Wildman–Crippen LogP) is 9.59. The summed E-state index contributed by atoms with van der Waals surface area (Å²) in [6.45, 7) is 0. The minimum Gasteiger partial charge on any atom is -0.456 e. The fraction of sp³-hybridized carbons (Fsp3) is 0. The summed E-state index contributed by atoms with van der Waals surface area (Å²) in [5.74, 6) is 1.87. The molecule has 0 atom stereocenters. The van der Waals surface area contributed by atoms with Crippen LogP contribution in [0.3, 0.4) is 0 Å². The molecular formula is C37H23N3O. The third-order valence-corrected chi connectivity index (χ3v) is 7.55. The SMILES string of the molecule is c1ccc(-c2nc(-c3ccc4c(c3)oc3ccccc34)nc(-c3ccc(-c4ccccc4)c4ccccc34)n2)cc1. The second-order valence-corrected chi connectivity index (χ2v) is 10.1. The number of benzene rings is 6. The summed E-state index contributed by atoms with van der Waals surface area (Å²) in [4.78, 5) is 15.0. The number of aromatic nitrogens is 3. The number of hydrogen-bond acceptors (Lipinski definition) is 4. The molecular weight excluding hydrogens is 502 g/mol. The lowest BCUT2D eigenvalue weighted by Crippen LogP contribution is -2.00. The van der Waals surface area contributed by atoms with Crippen LogP contribution in [0.25, 0.3) is 78.0 Å². The molecule has 0 N–H and O–H groups in total. The van der Waals surface area contributed by atoms with Crippen molar-refractivity contribution < 1.29 is 4.42 Å². The molecule has 0 unspecified atom stereocenters. The van der Waals surface area contributed by atoms with Gasteiger partial charge in [-0.25, -0.2) is 15.0 Å². The zero-order chi connectivity index (χ0) is 27.2. The van der Waals surface area contributed by atoms with E-state index < -0.39 is 0 Å². The predicted molar refractivity (Wildman–Crippen MR) is 166 cm³/mol. The van der Waals surface area contributed by atoms with Crippen LogP contribution in [0.15, 0.2) is 144 Å². The first kappa shape index (κ1) is 23.3. The standard InChI is InChI=1S/C37H23N3O/c1-3-11-24(12-4-1)27-21-22-32(29-16-8-7-15-28(27)29)37-39-35(25-13-5-2-6-14-25)38-36(40-37)26-19-20-31-30-17-9-10-18-33(30)41-34(31)23-26/h1-23H. The van der Waals surface area contributed by atoms with Gasteiger partial charge in [-0.1, -0.05) is 115 Å². The Labute approximate surface area is 236 Å². The van der Waals surface area contributed by atoms with Crippen molar-refractivity contribution in [2.45, 2.75) is 0 Å². The molecule has 4 nitrogen and oxygen atoms in total. The van der Waals surface area contributed by atoms with Gasteiger partial charge in [0.1, 0.15) is 11.2 Å². The summed E-state index contributed by atoms with van der Waals surface area (Å²) in [5, 5.41) is 4.42. The number of nitrogens with zero attached hydrogens (tertiary/aromatic N) is 3. The minimum absolute atomic E-state index is 0.604. The summed E-state index contributed by atoms with van der Waals surface area (Å²) in [7, 11) is 0. The van der Waals surface area contributed by atoms with Crippen LogP contribution in [0.2, 0.25) is 0 Å². The Bertz CT molecular complexity index is 2200. The smallest absolute Gasteiger partial charge is 0.164 e. The summed E-state index contributed by atoms with van der Waals surface area (Å²) >= 11 is 0. The Kier molecular flexibility index (Phi) is 5.42. The van der Waals surface area contributed by atoms with E-state index in [-0.39, 0.29) is 0 Å². The maximum absolute atomic E-state index is 6.19. The van der Waals surface area contributed by atoms with Crippen molar-refractivity contribution in [3.05, 3.63) is 140 Å². The van der Waals surface area contributed by atoms with Gasteiger partial charge < -0.3 is 4.42 Å². The molecule has 192 valence electrons. The van der Waals surface area contributed by atoms with E-state index in [4.69, 9.17) is 19.4 Å². The number of fused-ring (bicyclic) bond motifs is 4. The minimum atomic E-state index is 0.604. The highest BCUT2D eigenvalue weighted by Crippen LogP contribution is 2.36. The van der Waals surface area contributed by atoms with Crippen molar-refractivity contribution in [1.82, 2.24) is 15.0 Å². The Balaban J connectivity index is 1.35. The average molecular weight is 526 g/mol. The Morgan fingerprint density at radius 3 is 1.63 bits per heavy atom. The summed E-state index contributed by atoms with van der Waals surface area (Å²) in [5.41, 5.74) is 6.81. The van der Waals surface area contributed by atoms with Gasteiger partial charge in [-0.3, -0.25) is 0 Å². The largest absolute Gasteiger partial charge is 0.456 e. The van der Waals surface area contributed by atoms with Gasteiger partial charge in [-0.15, -0.1) is 0 Å². The van der Waals surface area contributed by atoms with Crippen molar-refractivity contribution in [3.63, 3.8) is 0 Å². The van der Waals surface area contributed by atoms with Gasteiger partial charge in [0.05, 0.1) is 0 Å². The van der Waals surface area contributed by atoms with Crippen LogP contribution in [0, 0.1) is 0 Å². The van der Waals surface area contributed by atoms with Crippen molar-refractivity contribution in [2.24, 2.45) is 0 Å². The molecule has 0 aliphatic carbocycles. The highest BCUT2D eigenvalue weighted by Gasteiger charge is 2.17. The fourth-order valence-corrected chi connectivity index (χ4v) is 5.57. The van der Waals surface area contributed by atoms with Crippen molar-refractivity contribution in [2.75, 3.05) is 0 Å². The van der Waals surface area contributed by atoms with Crippen LogP contribution in [0.1, 0.15) is 0 Å². The van der Waals surface area contributed by atoms with Crippen LogP contribution < -0.4 is 0 Å². The topological polar surface area (TPSA) is 51.8 Å². The molecule has 0 spiro atoms. The van der Waals surface area contributed by atoms with Crippen LogP contribution >= 0.6 is 0 Å². The average Bonchev–Trinajstić information content (AvgIpc) is 3.43. The molecule has 0 aliphatic heterocycles. The molecule has 0 radical (unpaired) electrons. The van der Waals surface area contributed by atoms with Crippen LogP contribution in [-0.2, 0) is 0 Å². The number of hydrogen-bond donors (Lipinski definition) is 0. The fourth-order valence-electron chi connectivity index (χ4n) is 5.57. The monoisotopic (exact) mass is 525 g/mol. The Morgan fingerprint density at radius 2 is 0.878 bits per heavy atom. The van der Waals surface area contributed by atoms with Gasteiger partial charge in [-0.2, -0.15) is 0 Å². The lowest BCUT2D eigenvalue weighted by atomic mass is 9.94. The summed E-state index contributed by atoms with van der Waals surface area (Å²) in [6, 6.07) is 47.6. The van der Waals surface area contributed by atoms with Crippen LogP contribution in [0.5, 0.6) is 0 Å². The molecule has 0 saturated carbocycles. The first-order valence-electron chi connectivity index (χ1n) is 13.6. The molecule has 0 amide bonds. The highest BCUT2D eigenvalue weighted by molar-refractivity contribution is 6.06. The van der Waals surface area contributed by atoms with Gasteiger partial charge in [0.25, 0.3) is 0 Å². The number of para-hydroxylation sites is 1. The summed E-state index contributed by atoms with van der Waals surface area (Å²) in [6.07, 6.45) is 0. The quantitative estimate of drug-likeness (QED) is 0.230. The van der Waals surface area contributed by atoms with E-state index >= 15 is 0 Å². The van der Waals surface area contributed by atoms with E-state index in [0.29, 0.717) is 17.5 Å². The van der Waals surface area contributed by atoms with Gasteiger partial charge in [0.15, 0.2) is 17.5 Å². The molecule has 2 heterocycles. The molecule has 4 heteroatoms. The van der Waals surface area contributed by atoms with E-state index in [9.17, 15) is 0 Å². The molecule has 8 rings (SSSR count). The van der Waals surface area contributed by atoms with E-state index in [2.05, 4.69) is 78.9 Å². The second kappa shape index (κ2) is 9.54. The zero-order valence-electron chi connectivity index (χ0n) is 22.0. The van der Waals surface area contributed by atoms with Crippen molar-refractivity contribution >= 4 is 32.7 Å².